The van der Waals surface area contributed by atoms with Crippen LogP contribution in [0.15, 0.2) is 41.3 Å². The van der Waals surface area contributed by atoms with Crippen LogP contribution in [0.5, 0.6) is 0 Å². The van der Waals surface area contributed by atoms with Crippen LogP contribution < -0.4 is 5.56 Å². The van der Waals surface area contributed by atoms with E-state index < -0.39 is 22.6 Å². The van der Waals surface area contributed by atoms with Gasteiger partial charge in [0, 0.05) is 6.20 Å². The van der Waals surface area contributed by atoms with E-state index in [1.54, 1.807) is 18.3 Å². The van der Waals surface area contributed by atoms with Gasteiger partial charge in [0.25, 0.3) is 5.56 Å². The molecule has 2 aromatic rings. The number of aromatic carboxylic acids is 1. The first kappa shape index (κ1) is 15.6. The Labute approximate surface area is 134 Å². The molecule has 0 amide bonds. The number of aromatic nitrogens is 1. The number of nitrogens with zero attached hydrogens (tertiary/aromatic N) is 1. The predicted molar refractivity (Wildman–Crippen MR) is 85.0 cm³/mol. The maximum Gasteiger partial charge on any atom is 0.341 e. The van der Waals surface area contributed by atoms with Gasteiger partial charge in [-0.15, -0.1) is 0 Å². The lowest BCUT2D eigenvalue weighted by Crippen LogP contribution is -2.28. The van der Waals surface area contributed by atoms with Crippen LogP contribution in [0.2, 0.25) is 0 Å². The molecule has 120 valence electrons. The van der Waals surface area contributed by atoms with Crippen molar-refractivity contribution in [1.29, 1.82) is 0 Å². The second-order valence-electron chi connectivity index (χ2n) is 5.44. The zero-order valence-corrected chi connectivity index (χ0v) is 13.0. The molecule has 3 rings (SSSR count). The van der Waals surface area contributed by atoms with E-state index in [0.717, 1.165) is 16.7 Å². The van der Waals surface area contributed by atoms with Crippen molar-refractivity contribution in [3.63, 3.8) is 0 Å². The van der Waals surface area contributed by atoms with Gasteiger partial charge in [0.2, 0.25) is 0 Å². The molecule has 1 aromatic heterocycles. The molecular formula is C16H15NO5S. The van der Waals surface area contributed by atoms with Gasteiger partial charge < -0.3 is 14.2 Å². The fourth-order valence-corrected chi connectivity index (χ4v) is 3.72. The number of carbonyl (C=O) groups is 1. The van der Waals surface area contributed by atoms with Crippen molar-refractivity contribution in [2.75, 3.05) is 0 Å². The summed E-state index contributed by atoms with van der Waals surface area (Å²) in [4.78, 5) is 23.5. The highest BCUT2D eigenvalue weighted by atomic mass is 32.2. The molecule has 1 heterocycles. The second-order valence-corrected chi connectivity index (χ2v) is 6.38. The molecule has 7 heteroatoms. The molecule has 0 saturated heterocycles. The lowest BCUT2D eigenvalue weighted by Gasteiger charge is -2.16. The molecule has 0 saturated carbocycles. The van der Waals surface area contributed by atoms with Gasteiger partial charge in [0.15, 0.2) is 11.1 Å². The molecule has 2 atom stereocenters. The molecule has 23 heavy (non-hydrogen) atoms. The van der Waals surface area contributed by atoms with Crippen molar-refractivity contribution >= 4 is 17.0 Å². The van der Waals surface area contributed by atoms with E-state index in [0.29, 0.717) is 12.8 Å². The Morgan fingerprint density at radius 3 is 2.78 bits per heavy atom. The summed E-state index contributed by atoms with van der Waals surface area (Å²) in [6, 6.07) is 8.09. The number of hydrogen-bond donors (Lipinski definition) is 2. The normalized spacial score (nSPS) is 17.7. The average Bonchev–Trinajstić information content (AvgIpc) is 2.91. The third kappa shape index (κ3) is 2.85. The topological polar surface area (TPSA) is 96.6 Å². The van der Waals surface area contributed by atoms with Crippen molar-refractivity contribution in [2.45, 2.75) is 24.6 Å². The van der Waals surface area contributed by atoms with Crippen LogP contribution in [0.25, 0.3) is 0 Å². The van der Waals surface area contributed by atoms with E-state index in [1.165, 1.54) is 10.6 Å². The van der Waals surface area contributed by atoms with Crippen molar-refractivity contribution in [3.8, 4) is 0 Å². The second kappa shape index (κ2) is 6.10. The SMILES string of the molecule is O=C(O)c1cccn(C2CCc3c(CS(=O)O)cccc32)c1=O. The molecule has 0 radical (unpaired) electrons. The maximum atomic E-state index is 12.4. The van der Waals surface area contributed by atoms with Gasteiger partial charge in [-0.1, -0.05) is 18.2 Å². The quantitative estimate of drug-likeness (QED) is 0.832. The molecule has 0 fully saturated rings. The minimum Gasteiger partial charge on any atom is -0.477 e. The molecule has 0 aliphatic heterocycles. The van der Waals surface area contributed by atoms with Crippen molar-refractivity contribution in [3.05, 3.63) is 69.1 Å². The van der Waals surface area contributed by atoms with Crippen LogP contribution in [-0.4, -0.2) is 24.4 Å². The highest BCUT2D eigenvalue weighted by Gasteiger charge is 2.27. The van der Waals surface area contributed by atoms with Crippen LogP contribution in [0, 0.1) is 0 Å². The van der Waals surface area contributed by atoms with Crippen LogP contribution in [0.1, 0.15) is 39.5 Å². The Morgan fingerprint density at radius 1 is 1.30 bits per heavy atom. The van der Waals surface area contributed by atoms with Crippen molar-refractivity contribution in [2.24, 2.45) is 0 Å². The number of carboxylic acids is 1. The minimum atomic E-state index is -1.93. The molecule has 1 aliphatic carbocycles. The molecule has 0 bridgehead atoms. The Morgan fingerprint density at radius 2 is 2.09 bits per heavy atom. The Kier molecular flexibility index (Phi) is 4.14. The first-order valence-corrected chi connectivity index (χ1v) is 8.39. The van der Waals surface area contributed by atoms with Crippen LogP contribution >= 0.6 is 0 Å². The van der Waals surface area contributed by atoms with Crippen LogP contribution in [-0.2, 0) is 23.3 Å². The van der Waals surface area contributed by atoms with E-state index in [-0.39, 0.29) is 17.4 Å². The summed E-state index contributed by atoms with van der Waals surface area (Å²) in [6.45, 7) is 0. The Hall–Kier alpha value is -2.25. The van der Waals surface area contributed by atoms with Crippen LogP contribution in [0.3, 0.4) is 0 Å². The zero-order chi connectivity index (χ0) is 16.6. The fraction of sp³-hybridized carbons (Fsp3) is 0.250. The van der Waals surface area contributed by atoms with Gasteiger partial charge in [-0.05, 0) is 41.7 Å². The summed E-state index contributed by atoms with van der Waals surface area (Å²) in [5, 5.41) is 9.10. The third-order valence-electron chi connectivity index (χ3n) is 4.16. The zero-order valence-electron chi connectivity index (χ0n) is 12.1. The number of hydrogen-bond acceptors (Lipinski definition) is 3. The van der Waals surface area contributed by atoms with Gasteiger partial charge in [-0.2, -0.15) is 0 Å². The van der Waals surface area contributed by atoms with Crippen LogP contribution in [0.4, 0.5) is 0 Å². The molecule has 0 spiro atoms. The van der Waals surface area contributed by atoms with E-state index in [4.69, 9.17) is 9.66 Å². The van der Waals surface area contributed by atoms with Gasteiger partial charge in [-0.25, -0.2) is 9.00 Å². The first-order valence-electron chi connectivity index (χ1n) is 7.11. The lowest BCUT2D eigenvalue weighted by atomic mass is 10.0. The molecule has 1 aliphatic rings. The van der Waals surface area contributed by atoms with Crippen molar-refractivity contribution in [1.82, 2.24) is 4.57 Å². The first-order chi connectivity index (χ1) is 11.0. The van der Waals surface area contributed by atoms with Gasteiger partial charge in [0.1, 0.15) is 5.56 Å². The molecular weight excluding hydrogens is 318 g/mol. The minimum absolute atomic E-state index is 0.0555. The van der Waals surface area contributed by atoms with Gasteiger partial charge in [-0.3, -0.25) is 4.79 Å². The lowest BCUT2D eigenvalue weighted by molar-refractivity contribution is 0.0694. The van der Waals surface area contributed by atoms with E-state index in [1.807, 2.05) is 12.1 Å². The summed E-state index contributed by atoms with van der Waals surface area (Å²) >= 11 is -1.93. The van der Waals surface area contributed by atoms with E-state index in [9.17, 15) is 13.8 Å². The van der Waals surface area contributed by atoms with E-state index >= 15 is 0 Å². The Balaban J connectivity index is 2.08. The van der Waals surface area contributed by atoms with E-state index in [2.05, 4.69) is 0 Å². The predicted octanol–water partition coefficient (Wildman–Crippen LogP) is 1.80. The third-order valence-corrected chi connectivity index (χ3v) is 4.71. The highest BCUT2D eigenvalue weighted by Crippen LogP contribution is 2.35. The number of benzene rings is 1. The molecule has 6 nitrogen and oxygen atoms in total. The average molecular weight is 333 g/mol. The monoisotopic (exact) mass is 333 g/mol. The summed E-state index contributed by atoms with van der Waals surface area (Å²) < 4.78 is 21.6. The standard InChI is InChI=1S/C16H15NO5S/c18-15-13(16(19)20)5-2-8-17(15)14-7-6-11-10(9-23(21)22)3-1-4-12(11)14/h1-5,8,14H,6-7,9H2,(H,19,20)(H,21,22). The maximum absolute atomic E-state index is 12.4. The fourth-order valence-electron chi connectivity index (χ4n) is 3.18. The summed E-state index contributed by atoms with van der Waals surface area (Å²) in [7, 11) is 0. The molecule has 2 N–H and O–H groups in total. The highest BCUT2D eigenvalue weighted by molar-refractivity contribution is 7.78. The molecule has 1 aromatic carbocycles. The number of pyridine rings is 1. The number of carboxylic acid groups (broad SMARTS) is 1. The number of fused-ring (bicyclic) bond motifs is 1. The smallest absolute Gasteiger partial charge is 0.341 e. The summed E-state index contributed by atoms with van der Waals surface area (Å²) in [5.74, 6) is -1.19. The summed E-state index contributed by atoms with van der Waals surface area (Å²) in [5.41, 5.74) is 1.90. The van der Waals surface area contributed by atoms with Crippen molar-refractivity contribution < 1.29 is 18.7 Å². The Bertz CT molecular complexity index is 858. The number of rotatable bonds is 4. The largest absolute Gasteiger partial charge is 0.477 e. The van der Waals surface area contributed by atoms with Gasteiger partial charge >= 0.3 is 5.97 Å². The van der Waals surface area contributed by atoms with Gasteiger partial charge in [0.05, 0.1) is 11.8 Å². The molecule has 2 unspecified atom stereocenters. The summed E-state index contributed by atoms with van der Waals surface area (Å²) in [6.07, 6.45) is 2.94.